The maximum Gasteiger partial charge on any atom is 0.203 e. The maximum atomic E-state index is 12.8. The van der Waals surface area contributed by atoms with Crippen LogP contribution >= 0.6 is 0 Å². The van der Waals surface area contributed by atoms with Gasteiger partial charge in [-0.25, -0.2) is 0 Å². The predicted molar refractivity (Wildman–Crippen MR) is 151 cm³/mol. The molecule has 39 heavy (non-hydrogen) atoms. The van der Waals surface area contributed by atoms with Gasteiger partial charge in [0.15, 0.2) is 40.3 Å². The van der Waals surface area contributed by atoms with Crippen molar-refractivity contribution in [2.75, 3.05) is 55.1 Å². The topological polar surface area (TPSA) is 93.7 Å². The number of anilines is 1. The summed E-state index contributed by atoms with van der Waals surface area (Å²) >= 11 is 0. The summed E-state index contributed by atoms with van der Waals surface area (Å²) in [5, 5.41) is 3.18. The van der Waals surface area contributed by atoms with Gasteiger partial charge >= 0.3 is 0 Å². The molecular formula is C30H33NO8. The quantitative estimate of drug-likeness (QED) is 0.167. The standard InChI is InChI=1S/C30H33NO8/c1-33-23-12-11-21(18-25(23)35-3)22(32)14-15-31-28-20(10-13-24(34-2)30(28)39-7)9-8-19-16-26(36-4)29(38-6)27(17-19)37-5/h8-18,31H,1-7H3/b9-8-,15-14-. The second kappa shape index (κ2) is 13.7. The molecule has 0 fully saturated rings. The number of carbonyl (C=O) groups excluding carboxylic acids is 1. The molecule has 0 atom stereocenters. The van der Waals surface area contributed by atoms with E-state index in [4.69, 9.17) is 33.2 Å². The number of hydrogen-bond acceptors (Lipinski definition) is 9. The summed E-state index contributed by atoms with van der Waals surface area (Å²) in [5.74, 6) is 3.39. The smallest absolute Gasteiger partial charge is 0.203 e. The van der Waals surface area contributed by atoms with E-state index < -0.39 is 0 Å². The molecule has 0 amide bonds. The van der Waals surface area contributed by atoms with E-state index in [1.54, 1.807) is 73.1 Å². The Bertz CT molecular complexity index is 1340. The fourth-order valence-electron chi connectivity index (χ4n) is 3.90. The molecule has 0 radical (unpaired) electrons. The van der Waals surface area contributed by atoms with Crippen LogP contribution < -0.4 is 38.5 Å². The Labute approximate surface area is 228 Å². The molecule has 3 aromatic rings. The van der Waals surface area contributed by atoms with Crippen molar-refractivity contribution >= 4 is 23.6 Å². The van der Waals surface area contributed by atoms with Crippen molar-refractivity contribution in [2.24, 2.45) is 0 Å². The van der Waals surface area contributed by atoms with Crippen LogP contribution in [0, 0.1) is 0 Å². The van der Waals surface area contributed by atoms with Gasteiger partial charge in [0.05, 0.1) is 55.5 Å². The highest BCUT2D eigenvalue weighted by Crippen LogP contribution is 2.41. The van der Waals surface area contributed by atoms with Gasteiger partial charge in [0.25, 0.3) is 0 Å². The lowest BCUT2D eigenvalue weighted by atomic mass is 10.1. The number of rotatable bonds is 13. The SMILES string of the molecule is COc1ccc(C(=O)/C=C\Nc2c(/C=C\c3cc(OC)c(OC)c(OC)c3)ccc(OC)c2OC)cc1OC. The first-order chi connectivity index (χ1) is 18.9. The molecule has 9 heteroatoms. The van der Waals surface area contributed by atoms with Crippen molar-refractivity contribution in [1.82, 2.24) is 0 Å². The highest BCUT2D eigenvalue weighted by Gasteiger charge is 2.15. The number of hydrogen-bond donors (Lipinski definition) is 1. The third-order valence-electron chi connectivity index (χ3n) is 5.85. The second-order valence-corrected chi connectivity index (χ2v) is 7.97. The third-order valence-corrected chi connectivity index (χ3v) is 5.85. The summed E-state index contributed by atoms with van der Waals surface area (Å²) in [6, 6.07) is 12.3. The zero-order chi connectivity index (χ0) is 28.4. The molecule has 0 spiro atoms. The van der Waals surface area contributed by atoms with Gasteiger partial charge in [-0.15, -0.1) is 0 Å². The van der Waals surface area contributed by atoms with E-state index in [1.165, 1.54) is 13.2 Å². The van der Waals surface area contributed by atoms with Crippen LogP contribution in [0.2, 0.25) is 0 Å². The minimum absolute atomic E-state index is 0.222. The van der Waals surface area contributed by atoms with Crippen LogP contribution in [0.15, 0.2) is 54.7 Å². The van der Waals surface area contributed by atoms with Crippen molar-refractivity contribution in [3.8, 4) is 40.2 Å². The summed E-state index contributed by atoms with van der Waals surface area (Å²) in [4.78, 5) is 12.8. The summed E-state index contributed by atoms with van der Waals surface area (Å²) in [7, 11) is 10.9. The predicted octanol–water partition coefficient (Wildman–Crippen LogP) is 5.73. The van der Waals surface area contributed by atoms with Crippen LogP contribution in [0.5, 0.6) is 40.2 Å². The molecule has 0 unspecified atom stereocenters. The van der Waals surface area contributed by atoms with Crippen molar-refractivity contribution in [3.05, 3.63) is 71.4 Å². The first-order valence-electron chi connectivity index (χ1n) is 11.9. The zero-order valence-electron chi connectivity index (χ0n) is 23.1. The fraction of sp³-hybridized carbons (Fsp3) is 0.233. The Morgan fingerprint density at radius 1 is 0.615 bits per heavy atom. The largest absolute Gasteiger partial charge is 0.493 e. The Kier molecular flexibility index (Phi) is 10.1. The molecular weight excluding hydrogens is 502 g/mol. The number of nitrogens with one attached hydrogen (secondary N) is 1. The molecule has 0 aliphatic carbocycles. The lowest BCUT2D eigenvalue weighted by Gasteiger charge is -2.15. The molecule has 9 nitrogen and oxygen atoms in total. The minimum atomic E-state index is -0.222. The van der Waals surface area contributed by atoms with Gasteiger partial charge in [-0.05, 0) is 48.0 Å². The monoisotopic (exact) mass is 535 g/mol. The third kappa shape index (κ3) is 6.56. The molecule has 0 heterocycles. The van der Waals surface area contributed by atoms with E-state index in [9.17, 15) is 4.79 Å². The van der Waals surface area contributed by atoms with Gasteiger partial charge in [0.2, 0.25) is 5.75 Å². The Morgan fingerprint density at radius 2 is 1.21 bits per heavy atom. The Balaban J connectivity index is 1.94. The van der Waals surface area contributed by atoms with E-state index in [0.717, 1.165) is 11.1 Å². The molecule has 0 saturated heterocycles. The zero-order valence-corrected chi connectivity index (χ0v) is 23.1. The minimum Gasteiger partial charge on any atom is -0.493 e. The molecule has 0 aliphatic rings. The number of ketones is 1. The summed E-state index contributed by atoms with van der Waals surface area (Å²) < 4.78 is 38.0. The fourth-order valence-corrected chi connectivity index (χ4v) is 3.90. The van der Waals surface area contributed by atoms with E-state index in [2.05, 4.69) is 5.32 Å². The van der Waals surface area contributed by atoms with Gasteiger partial charge < -0.3 is 38.5 Å². The van der Waals surface area contributed by atoms with Gasteiger partial charge in [-0.2, -0.15) is 0 Å². The van der Waals surface area contributed by atoms with Crippen molar-refractivity contribution in [1.29, 1.82) is 0 Å². The molecule has 0 saturated carbocycles. The van der Waals surface area contributed by atoms with Crippen LogP contribution in [-0.4, -0.2) is 55.6 Å². The van der Waals surface area contributed by atoms with Crippen LogP contribution in [0.3, 0.4) is 0 Å². The van der Waals surface area contributed by atoms with Crippen LogP contribution in [0.4, 0.5) is 5.69 Å². The molecule has 1 N–H and O–H groups in total. The number of methoxy groups -OCH3 is 7. The highest BCUT2D eigenvalue weighted by molar-refractivity contribution is 6.05. The first-order valence-corrected chi connectivity index (χ1v) is 11.9. The molecule has 0 aromatic heterocycles. The summed E-state index contributed by atoms with van der Waals surface area (Å²) in [5.41, 5.74) is 2.66. The molecule has 3 rings (SSSR count). The van der Waals surface area contributed by atoms with Gasteiger partial charge in [0, 0.05) is 23.4 Å². The molecule has 0 aliphatic heterocycles. The molecule has 0 bridgehead atoms. The van der Waals surface area contributed by atoms with E-state index in [1.807, 2.05) is 30.4 Å². The average Bonchev–Trinajstić information content (AvgIpc) is 2.98. The van der Waals surface area contributed by atoms with Gasteiger partial charge in [-0.3, -0.25) is 4.79 Å². The first kappa shape index (κ1) is 28.8. The van der Waals surface area contributed by atoms with Crippen LogP contribution in [0.25, 0.3) is 12.2 Å². The van der Waals surface area contributed by atoms with Crippen molar-refractivity contribution in [2.45, 2.75) is 0 Å². The second-order valence-electron chi connectivity index (χ2n) is 7.97. The van der Waals surface area contributed by atoms with Crippen LogP contribution in [0.1, 0.15) is 21.5 Å². The maximum absolute atomic E-state index is 12.8. The number of ether oxygens (including phenoxy) is 7. The highest BCUT2D eigenvalue weighted by atomic mass is 16.5. The van der Waals surface area contributed by atoms with E-state index in [0.29, 0.717) is 51.5 Å². The average molecular weight is 536 g/mol. The van der Waals surface area contributed by atoms with E-state index in [-0.39, 0.29) is 5.78 Å². The van der Waals surface area contributed by atoms with Crippen molar-refractivity contribution in [3.63, 3.8) is 0 Å². The molecule has 3 aromatic carbocycles. The van der Waals surface area contributed by atoms with Crippen LogP contribution in [-0.2, 0) is 0 Å². The lowest BCUT2D eigenvalue weighted by molar-refractivity contribution is 0.104. The van der Waals surface area contributed by atoms with Gasteiger partial charge in [0.1, 0.15) is 0 Å². The number of benzene rings is 3. The number of carbonyl (C=O) groups is 1. The summed E-state index contributed by atoms with van der Waals surface area (Å²) in [6.07, 6.45) is 6.77. The summed E-state index contributed by atoms with van der Waals surface area (Å²) in [6.45, 7) is 0. The molecule has 206 valence electrons. The Hall–Kier alpha value is -4.79. The number of allylic oxidation sites excluding steroid dienone is 1. The Morgan fingerprint density at radius 3 is 1.77 bits per heavy atom. The normalized spacial score (nSPS) is 10.8. The lowest BCUT2D eigenvalue weighted by Crippen LogP contribution is -2.01. The van der Waals surface area contributed by atoms with E-state index >= 15 is 0 Å². The van der Waals surface area contributed by atoms with Crippen molar-refractivity contribution < 1.29 is 38.0 Å². The van der Waals surface area contributed by atoms with Gasteiger partial charge in [-0.1, -0.05) is 12.2 Å².